The van der Waals surface area contributed by atoms with Gasteiger partial charge in [-0.2, -0.15) is 0 Å². The Balaban J connectivity index is 0.000000400. The van der Waals surface area contributed by atoms with Crippen LogP contribution in [0.1, 0.15) is 48.4 Å². The summed E-state index contributed by atoms with van der Waals surface area (Å²) < 4.78 is 10.5. The zero-order valence-electron chi connectivity index (χ0n) is 12.5. The van der Waals surface area contributed by atoms with Gasteiger partial charge in [-0.25, -0.2) is 9.59 Å². The van der Waals surface area contributed by atoms with Gasteiger partial charge in [0, 0.05) is 0 Å². The van der Waals surface area contributed by atoms with Gasteiger partial charge in [-0.1, -0.05) is 0 Å². The van der Waals surface area contributed by atoms with Crippen LogP contribution in [0.2, 0.25) is 0 Å². The fourth-order valence-corrected chi connectivity index (χ4v) is 1.66. The molecule has 1 aromatic rings. The molecule has 21 heavy (non-hydrogen) atoms. The first-order chi connectivity index (χ1) is 9.73. The predicted octanol–water partition coefficient (Wildman–Crippen LogP) is 2.83. The normalized spacial score (nSPS) is 10.0. The molecule has 0 saturated heterocycles. The minimum atomic E-state index is -1.06. The largest absolute Gasteiger partial charge is 0.478 e. The van der Waals surface area contributed by atoms with E-state index in [2.05, 4.69) is 0 Å². The van der Waals surface area contributed by atoms with Crippen LogP contribution in [-0.4, -0.2) is 34.4 Å². The maximum Gasteiger partial charge on any atom is 0.335 e. The van der Waals surface area contributed by atoms with E-state index >= 15 is 0 Å². The maximum absolute atomic E-state index is 10.3. The van der Waals surface area contributed by atoms with Gasteiger partial charge < -0.3 is 10.2 Å². The van der Waals surface area contributed by atoms with Crippen molar-refractivity contribution in [3.63, 3.8) is 0 Å². The van der Waals surface area contributed by atoms with Crippen molar-refractivity contribution in [3.05, 3.63) is 35.4 Å². The third kappa shape index (κ3) is 10.2. The molecule has 6 nitrogen and oxygen atoms in total. The monoisotopic (exact) mass is 332 g/mol. The fourth-order valence-electron chi connectivity index (χ4n) is 0.976. The molecule has 7 heteroatoms. The van der Waals surface area contributed by atoms with Crippen LogP contribution in [0.25, 0.3) is 0 Å². The van der Waals surface area contributed by atoms with E-state index in [4.69, 9.17) is 16.8 Å². The van der Waals surface area contributed by atoms with Crippen molar-refractivity contribution in [2.24, 2.45) is 0 Å². The van der Waals surface area contributed by atoms with Crippen molar-refractivity contribution < 1.29 is 46.4 Å². The van der Waals surface area contributed by atoms with Gasteiger partial charge >= 0.3 is 78.4 Å². The van der Waals surface area contributed by atoms with Gasteiger partial charge in [0.1, 0.15) is 0 Å². The van der Waals surface area contributed by atoms with Gasteiger partial charge in [-0.05, 0) is 24.3 Å². The predicted molar refractivity (Wildman–Crippen MR) is 72.8 cm³/mol. The molecule has 0 aromatic heterocycles. The van der Waals surface area contributed by atoms with E-state index in [0.717, 1.165) is 0 Å². The van der Waals surface area contributed by atoms with Crippen LogP contribution < -0.4 is 0 Å². The third-order valence-electron chi connectivity index (χ3n) is 1.95. The molecule has 0 spiro atoms. The zero-order valence-corrected chi connectivity index (χ0v) is 14.1. The minimum Gasteiger partial charge on any atom is -0.478 e. The van der Waals surface area contributed by atoms with Crippen molar-refractivity contribution in [2.75, 3.05) is 0 Å². The molecule has 116 valence electrons. The van der Waals surface area contributed by atoms with Crippen molar-refractivity contribution in [2.45, 2.75) is 39.9 Å². The number of hydrogen-bond acceptors (Lipinski definition) is 4. The molecular weight excluding hydrogens is 312 g/mol. The summed E-state index contributed by atoms with van der Waals surface area (Å²) >= 11 is -0.574. The summed E-state index contributed by atoms with van der Waals surface area (Å²) in [7, 11) is 0. The SMILES string of the molecule is CC(C)[O][Ti][O]C(C)C.O=C(O)c1ccc(C(=O)O)cc1. The van der Waals surface area contributed by atoms with Crippen LogP contribution in [0.5, 0.6) is 0 Å². The smallest absolute Gasteiger partial charge is 0.335 e. The average Bonchev–Trinajstić information content (AvgIpc) is 2.38. The van der Waals surface area contributed by atoms with Crippen LogP contribution in [0, 0.1) is 0 Å². The number of aromatic carboxylic acids is 2. The first kappa shape index (κ1) is 19.8. The number of rotatable bonds is 6. The third-order valence-corrected chi connectivity index (χ3v) is 3.72. The summed E-state index contributed by atoms with van der Waals surface area (Å²) in [6, 6.07) is 5.02. The van der Waals surface area contributed by atoms with E-state index in [1.54, 1.807) is 0 Å². The number of carboxylic acids is 2. The van der Waals surface area contributed by atoms with Gasteiger partial charge in [0.05, 0.1) is 11.1 Å². The molecule has 0 aliphatic rings. The molecule has 0 aliphatic carbocycles. The molecule has 0 atom stereocenters. The topological polar surface area (TPSA) is 93.1 Å². The van der Waals surface area contributed by atoms with Crippen molar-refractivity contribution in [1.29, 1.82) is 0 Å². The quantitative estimate of drug-likeness (QED) is 0.778. The van der Waals surface area contributed by atoms with Gasteiger partial charge in [0.25, 0.3) is 0 Å². The molecule has 1 aromatic carbocycles. The molecule has 0 fully saturated rings. The summed E-state index contributed by atoms with van der Waals surface area (Å²) in [4.78, 5) is 20.7. The van der Waals surface area contributed by atoms with Crippen molar-refractivity contribution in [3.8, 4) is 0 Å². The fraction of sp³-hybridized carbons (Fsp3) is 0.429. The molecule has 0 radical (unpaired) electrons. The van der Waals surface area contributed by atoms with Gasteiger partial charge in [-0.3, -0.25) is 0 Å². The Kier molecular flexibility index (Phi) is 9.91. The Morgan fingerprint density at radius 3 is 1.33 bits per heavy atom. The van der Waals surface area contributed by atoms with Crippen LogP contribution in [0.3, 0.4) is 0 Å². The van der Waals surface area contributed by atoms with E-state index < -0.39 is 31.9 Å². The van der Waals surface area contributed by atoms with E-state index in [-0.39, 0.29) is 11.1 Å². The molecule has 1 rings (SSSR count). The molecule has 0 saturated carbocycles. The second-order valence-corrected chi connectivity index (χ2v) is 5.60. The average molecular weight is 332 g/mol. The Morgan fingerprint density at radius 2 is 1.14 bits per heavy atom. The molecule has 2 N–H and O–H groups in total. The Labute approximate surface area is 134 Å². The van der Waals surface area contributed by atoms with Crippen LogP contribution >= 0.6 is 0 Å². The van der Waals surface area contributed by atoms with Crippen LogP contribution in [0.15, 0.2) is 24.3 Å². The molecule has 0 aliphatic heterocycles. The molecule has 0 bridgehead atoms. The van der Waals surface area contributed by atoms with E-state index in [0.29, 0.717) is 12.2 Å². The summed E-state index contributed by atoms with van der Waals surface area (Å²) in [5, 5.41) is 16.9. The number of benzene rings is 1. The van der Waals surface area contributed by atoms with Crippen LogP contribution in [0.4, 0.5) is 0 Å². The molecule has 0 unspecified atom stereocenters. The van der Waals surface area contributed by atoms with Crippen molar-refractivity contribution in [1.82, 2.24) is 0 Å². The minimum absolute atomic E-state index is 0.0833. The van der Waals surface area contributed by atoms with Gasteiger partial charge in [0.2, 0.25) is 0 Å². The number of carbonyl (C=O) groups is 2. The summed E-state index contributed by atoms with van der Waals surface area (Å²) in [5.41, 5.74) is 0.167. The van der Waals surface area contributed by atoms with Gasteiger partial charge in [0.15, 0.2) is 0 Å². The summed E-state index contributed by atoms with van der Waals surface area (Å²) in [6.45, 7) is 8.08. The second kappa shape index (κ2) is 10.5. The summed E-state index contributed by atoms with van der Waals surface area (Å²) in [5.74, 6) is -2.13. The molecule has 0 amide bonds. The van der Waals surface area contributed by atoms with Crippen LogP contribution in [-0.2, 0) is 26.6 Å². The molecular formula is C14H20O6Ti. The zero-order chi connectivity index (χ0) is 16.4. The van der Waals surface area contributed by atoms with E-state index in [9.17, 15) is 9.59 Å². The Bertz CT molecular complexity index is 400. The standard InChI is InChI=1S/C8H6O4.2C3H7O.Ti/c9-7(10)5-1-2-6(4-3-5)8(11)12;2*1-3(2)4;/h1-4H,(H,9,10)(H,11,12);2*3H,1-2H3;/q;2*-1;+2. The first-order valence-corrected chi connectivity index (χ1v) is 7.64. The Hall–Kier alpha value is -1.21. The van der Waals surface area contributed by atoms with E-state index in [1.807, 2.05) is 27.7 Å². The first-order valence-electron chi connectivity index (χ1n) is 6.37. The number of carboxylic acid groups (broad SMARTS) is 2. The second-order valence-electron chi connectivity index (χ2n) is 4.60. The van der Waals surface area contributed by atoms with Gasteiger partial charge in [-0.15, -0.1) is 0 Å². The van der Waals surface area contributed by atoms with Crippen molar-refractivity contribution >= 4 is 11.9 Å². The van der Waals surface area contributed by atoms with E-state index in [1.165, 1.54) is 24.3 Å². The number of hydrogen-bond donors (Lipinski definition) is 2. The Morgan fingerprint density at radius 1 is 0.857 bits per heavy atom. The maximum atomic E-state index is 10.3. The summed E-state index contributed by atoms with van der Waals surface area (Å²) in [6.07, 6.45) is 0.646. The molecule has 0 heterocycles.